The Balaban J connectivity index is 1.30. The zero-order chi connectivity index (χ0) is 24.2. The van der Waals surface area contributed by atoms with E-state index in [0.717, 1.165) is 33.3 Å². The molecule has 0 unspecified atom stereocenters. The lowest BCUT2D eigenvalue weighted by molar-refractivity contribution is 0.0600. The Morgan fingerprint density at radius 2 is 1.54 bits per heavy atom. The van der Waals surface area contributed by atoms with Crippen LogP contribution >= 0.6 is 0 Å². The standard InChI is InChI=1S/C29H24FN3O2/c1-35-29(34)24-10-3-6-20(14-24)18-31-17-19-5-2-7-21(13-19)22-8-4-9-23(15-22)28-32-26-12-11-25(30)16-27(26)33-28/h2-16,31H,17-18H2,1H3,(H,32,33). The van der Waals surface area contributed by atoms with Gasteiger partial charge in [0, 0.05) is 18.7 Å². The molecule has 0 saturated heterocycles. The molecule has 0 aliphatic carbocycles. The molecule has 0 radical (unpaired) electrons. The van der Waals surface area contributed by atoms with Crippen LogP contribution in [0.4, 0.5) is 4.39 Å². The van der Waals surface area contributed by atoms with E-state index in [0.29, 0.717) is 30.0 Å². The van der Waals surface area contributed by atoms with Crippen LogP contribution in [0.1, 0.15) is 21.5 Å². The first-order valence-corrected chi connectivity index (χ1v) is 11.3. The quantitative estimate of drug-likeness (QED) is 0.285. The van der Waals surface area contributed by atoms with Crippen LogP contribution in [0.2, 0.25) is 0 Å². The molecular weight excluding hydrogens is 441 g/mol. The summed E-state index contributed by atoms with van der Waals surface area (Å²) in [5.74, 6) is 0.0825. The molecule has 5 nitrogen and oxygen atoms in total. The largest absolute Gasteiger partial charge is 0.465 e. The average molecular weight is 466 g/mol. The maximum atomic E-state index is 13.5. The minimum absolute atomic E-state index is 0.289. The first kappa shape index (κ1) is 22.5. The Labute approximate surface area is 202 Å². The number of ether oxygens (including phenoxy) is 1. The van der Waals surface area contributed by atoms with Gasteiger partial charge in [0.05, 0.1) is 23.7 Å². The monoisotopic (exact) mass is 465 g/mol. The Morgan fingerprint density at radius 3 is 2.34 bits per heavy atom. The Morgan fingerprint density at radius 1 is 0.857 bits per heavy atom. The molecule has 0 aliphatic rings. The van der Waals surface area contributed by atoms with Crippen molar-refractivity contribution in [2.45, 2.75) is 13.1 Å². The minimum atomic E-state index is -0.336. The summed E-state index contributed by atoms with van der Waals surface area (Å²) in [4.78, 5) is 19.6. The molecule has 0 aliphatic heterocycles. The van der Waals surface area contributed by atoms with E-state index < -0.39 is 0 Å². The molecule has 4 aromatic carbocycles. The van der Waals surface area contributed by atoms with Crippen molar-refractivity contribution in [3.8, 4) is 22.5 Å². The van der Waals surface area contributed by atoms with E-state index in [-0.39, 0.29) is 11.8 Å². The van der Waals surface area contributed by atoms with Gasteiger partial charge in [-0.2, -0.15) is 0 Å². The second-order valence-electron chi connectivity index (χ2n) is 8.32. The number of esters is 1. The van der Waals surface area contributed by atoms with E-state index in [9.17, 15) is 9.18 Å². The smallest absolute Gasteiger partial charge is 0.337 e. The zero-order valence-corrected chi connectivity index (χ0v) is 19.2. The lowest BCUT2D eigenvalue weighted by Crippen LogP contribution is -2.13. The lowest BCUT2D eigenvalue weighted by atomic mass is 10.0. The van der Waals surface area contributed by atoms with Gasteiger partial charge in [-0.15, -0.1) is 0 Å². The molecule has 0 amide bonds. The van der Waals surface area contributed by atoms with Gasteiger partial charge in [0.15, 0.2) is 0 Å². The van der Waals surface area contributed by atoms with E-state index in [1.807, 2.05) is 36.4 Å². The second-order valence-corrected chi connectivity index (χ2v) is 8.32. The number of halogens is 1. The first-order chi connectivity index (χ1) is 17.1. The van der Waals surface area contributed by atoms with E-state index in [1.165, 1.54) is 19.2 Å². The Bertz CT molecular complexity index is 1510. The summed E-state index contributed by atoms with van der Waals surface area (Å²) in [6, 6.07) is 28.5. The molecule has 35 heavy (non-hydrogen) atoms. The fourth-order valence-electron chi connectivity index (χ4n) is 4.10. The molecule has 6 heteroatoms. The minimum Gasteiger partial charge on any atom is -0.465 e. The third kappa shape index (κ3) is 5.13. The number of benzene rings is 4. The number of aromatic amines is 1. The van der Waals surface area contributed by atoms with Crippen molar-refractivity contribution in [1.82, 2.24) is 15.3 Å². The van der Waals surface area contributed by atoms with Crippen molar-refractivity contribution in [2.75, 3.05) is 7.11 Å². The summed E-state index contributed by atoms with van der Waals surface area (Å²) in [7, 11) is 1.38. The third-order valence-corrected chi connectivity index (χ3v) is 5.85. The number of rotatable bonds is 7. The molecule has 0 atom stereocenters. The number of carbonyl (C=O) groups excluding carboxylic acids is 1. The predicted octanol–water partition coefficient (Wildman–Crippen LogP) is 6.11. The van der Waals surface area contributed by atoms with Crippen LogP contribution in [-0.2, 0) is 17.8 Å². The highest BCUT2D eigenvalue weighted by Gasteiger charge is 2.09. The number of aromatic nitrogens is 2. The van der Waals surface area contributed by atoms with Gasteiger partial charge in [-0.05, 0) is 64.7 Å². The van der Waals surface area contributed by atoms with Crippen LogP contribution in [0.3, 0.4) is 0 Å². The van der Waals surface area contributed by atoms with Crippen LogP contribution in [0.25, 0.3) is 33.5 Å². The number of hydrogen-bond donors (Lipinski definition) is 2. The number of fused-ring (bicyclic) bond motifs is 1. The normalized spacial score (nSPS) is 11.0. The maximum absolute atomic E-state index is 13.5. The van der Waals surface area contributed by atoms with Crippen LogP contribution in [0.15, 0.2) is 91.0 Å². The second kappa shape index (κ2) is 9.91. The SMILES string of the molecule is COC(=O)c1cccc(CNCc2cccc(-c3cccc(-c4nc5ccc(F)cc5[nH]4)c3)c2)c1. The lowest BCUT2D eigenvalue weighted by Gasteiger charge is -2.09. The van der Waals surface area contributed by atoms with Crippen LogP contribution < -0.4 is 5.32 Å². The highest BCUT2D eigenvalue weighted by atomic mass is 19.1. The topological polar surface area (TPSA) is 67.0 Å². The van der Waals surface area contributed by atoms with Crippen molar-refractivity contribution in [2.24, 2.45) is 0 Å². The van der Waals surface area contributed by atoms with E-state index in [4.69, 9.17) is 4.74 Å². The van der Waals surface area contributed by atoms with Crippen molar-refractivity contribution >= 4 is 17.0 Å². The molecule has 0 fully saturated rings. The summed E-state index contributed by atoms with van der Waals surface area (Å²) in [5.41, 5.74) is 7.23. The number of H-pyrrole nitrogens is 1. The summed E-state index contributed by atoms with van der Waals surface area (Å²) in [5, 5.41) is 3.44. The molecule has 0 saturated carbocycles. The van der Waals surface area contributed by atoms with E-state index >= 15 is 0 Å². The van der Waals surface area contributed by atoms with E-state index in [1.54, 1.807) is 12.1 Å². The average Bonchev–Trinajstić information content (AvgIpc) is 3.32. The third-order valence-electron chi connectivity index (χ3n) is 5.85. The highest BCUT2D eigenvalue weighted by molar-refractivity contribution is 5.89. The van der Waals surface area contributed by atoms with Crippen molar-refractivity contribution < 1.29 is 13.9 Å². The van der Waals surface area contributed by atoms with Crippen LogP contribution in [0, 0.1) is 5.82 Å². The van der Waals surface area contributed by atoms with Crippen molar-refractivity contribution in [1.29, 1.82) is 0 Å². The van der Waals surface area contributed by atoms with Gasteiger partial charge in [0.1, 0.15) is 11.6 Å². The Hall–Kier alpha value is -4.29. The van der Waals surface area contributed by atoms with Gasteiger partial charge in [0.25, 0.3) is 0 Å². The van der Waals surface area contributed by atoms with Crippen LogP contribution in [-0.4, -0.2) is 23.0 Å². The number of carbonyl (C=O) groups is 1. The molecule has 5 rings (SSSR count). The number of nitrogens with zero attached hydrogens (tertiary/aromatic N) is 1. The maximum Gasteiger partial charge on any atom is 0.337 e. The molecule has 5 aromatic rings. The summed E-state index contributed by atoms with van der Waals surface area (Å²) in [6.45, 7) is 1.32. The fraction of sp³-hybridized carbons (Fsp3) is 0.103. The molecule has 2 N–H and O–H groups in total. The molecule has 174 valence electrons. The van der Waals surface area contributed by atoms with Gasteiger partial charge in [-0.3, -0.25) is 0 Å². The highest BCUT2D eigenvalue weighted by Crippen LogP contribution is 2.27. The predicted molar refractivity (Wildman–Crippen MR) is 135 cm³/mol. The van der Waals surface area contributed by atoms with Crippen LogP contribution in [0.5, 0.6) is 0 Å². The number of hydrogen-bond acceptors (Lipinski definition) is 4. The summed E-state index contributed by atoms with van der Waals surface area (Å²) < 4.78 is 18.3. The number of methoxy groups -OCH3 is 1. The van der Waals surface area contributed by atoms with Gasteiger partial charge in [0.2, 0.25) is 0 Å². The van der Waals surface area contributed by atoms with Gasteiger partial charge in [-0.25, -0.2) is 14.2 Å². The molecule has 1 heterocycles. The fourth-order valence-corrected chi connectivity index (χ4v) is 4.10. The zero-order valence-electron chi connectivity index (χ0n) is 19.2. The summed E-state index contributed by atoms with van der Waals surface area (Å²) in [6.07, 6.45) is 0. The van der Waals surface area contributed by atoms with Gasteiger partial charge < -0.3 is 15.0 Å². The number of nitrogens with one attached hydrogen (secondary N) is 2. The Kier molecular flexibility index (Phi) is 6.37. The molecule has 0 bridgehead atoms. The van der Waals surface area contributed by atoms with Gasteiger partial charge >= 0.3 is 5.97 Å². The van der Waals surface area contributed by atoms with Crippen molar-refractivity contribution in [3.05, 3.63) is 114 Å². The molecule has 1 aromatic heterocycles. The number of imidazole rings is 1. The van der Waals surface area contributed by atoms with Gasteiger partial charge in [-0.1, -0.05) is 48.5 Å². The first-order valence-electron chi connectivity index (χ1n) is 11.3. The summed E-state index contributed by atoms with van der Waals surface area (Å²) >= 11 is 0. The molecular formula is C29H24FN3O2. The van der Waals surface area contributed by atoms with Crippen molar-refractivity contribution in [3.63, 3.8) is 0 Å². The molecule has 0 spiro atoms. The van der Waals surface area contributed by atoms with E-state index in [2.05, 4.69) is 45.6 Å².